The summed E-state index contributed by atoms with van der Waals surface area (Å²) in [6.45, 7) is 1.74. The Morgan fingerprint density at radius 3 is 2.82 bits per heavy atom. The van der Waals surface area contributed by atoms with E-state index >= 15 is 0 Å². The fraction of sp³-hybridized carbons (Fsp3) is 0.846. The molecule has 4 nitrogen and oxygen atoms in total. The highest BCUT2D eigenvalue weighted by molar-refractivity contribution is 5.96. The first-order valence-electron chi connectivity index (χ1n) is 6.81. The quantitative estimate of drug-likeness (QED) is 0.806. The van der Waals surface area contributed by atoms with E-state index in [1.165, 1.54) is 30.6 Å². The van der Waals surface area contributed by atoms with Crippen molar-refractivity contribution in [3.8, 4) is 0 Å². The first-order chi connectivity index (χ1) is 8.27. The van der Waals surface area contributed by atoms with Crippen LogP contribution in [0.2, 0.25) is 0 Å². The summed E-state index contributed by atoms with van der Waals surface area (Å²) in [5.41, 5.74) is 0. The van der Waals surface area contributed by atoms with Crippen molar-refractivity contribution in [3.05, 3.63) is 0 Å². The third-order valence-corrected chi connectivity index (χ3v) is 3.85. The Bertz CT molecular complexity index is 285. The van der Waals surface area contributed by atoms with Gasteiger partial charge in [-0.1, -0.05) is 25.7 Å². The Hall–Kier alpha value is -0.900. The van der Waals surface area contributed by atoms with E-state index in [2.05, 4.69) is 5.32 Å². The Morgan fingerprint density at radius 1 is 1.29 bits per heavy atom. The molecule has 2 rings (SSSR count). The zero-order valence-corrected chi connectivity index (χ0v) is 10.4. The molecule has 1 aliphatic heterocycles. The number of hydrogen-bond donors (Lipinski definition) is 1. The molecule has 0 unspecified atom stereocenters. The molecule has 0 aromatic heterocycles. The SMILES string of the molecule is O=C(CCC1CCCC1)N1CCCNCC1=O. The van der Waals surface area contributed by atoms with Crippen LogP contribution in [-0.4, -0.2) is 36.3 Å². The third kappa shape index (κ3) is 3.53. The van der Waals surface area contributed by atoms with Crippen LogP contribution in [0.15, 0.2) is 0 Å². The number of amides is 2. The van der Waals surface area contributed by atoms with Gasteiger partial charge >= 0.3 is 0 Å². The Balaban J connectivity index is 1.78. The van der Waals surface area contributed by atoms with Crippen LogP contribution in [0.5, 0.6) is 0 Å². The van der Waals surface area contributed by atoms with Crippen LogP contribution in [0.3, 0.4) is 0 Å². The lowest BCUT2D eigenvalue weighted by atomic mass is 10.0. The van der Waals surface area contributed by atoms with Crippen molar-refractivity contribution in [2.24, 2.45) is 5.92 Å². The van der Waals surface area contributed by atoms with Gasteiger partial charge in [-0.2, -0.15) is 0 Å². The second-order valence-corrected chi connectivity index (χ2v) is 5.16. The van der Waals surface area contributed by atoms with Gasteiger partial charge in [0.05, 0.1) is 6.54 Å². The summed E-state index contributed by atoms with van der Waals surface area (Å²) in [7, 11) is 0. The number of hydrogen-bond acceptors (Lipinski definition) is 3. The molecule has 1 aliphatic carbocycles. The molecule has 17 heavy (non-hydrogen) atoms. The molecule has 1 saturated heterocycles. The summed E-state index contributed by atoms with van der Waals surface area (Å²) >= 11 is 0. The van der Waals surface area contributed by atoms with Crippen molar-refractivity contribution in [2.75, 3.05) is 19.6 Å². The molecule has 4 heteroatoms. The average Bonchev–Trinajstić information content (AvgIpc) is 2.75. The molecule has 0 spiro atoms. The van der Waals surface area contributed by atoms with Gasteiger partial charge in [-0.15, -0.1) is 0 Å². The molecular formula is C13H22N2O2. The second kappa shape index (κ2) is 6.15. The molecule has 2 fully saturated rings. The molecule has 0 atom stereocenters. The summed E-state index contributed by atoms with van der Waals surface area (Å²) in [4.78, 5) is 25.1. The van der Waals surface area contributed by atoms with E-state index in [1.807, 2.05) is 0 Å². The Kier molecular flexibility index (Phi) is 4.54. The maximum atomic E-state index is 12.0. The number of nitrogens with zero attached hydrogens (tertiary/aromatic N) is 1. The van der Waals surface area contributed by atoms with Gasteiger partial charge in [-0.05, 0) is 25.3 Å². The van der Waals surface area contributed by atoms with Crippen molar-refractivity contribution in [1.82, 2.24) is 10.2 Å². The van der Waals surface area contributed by atoms with Crippen molar-refractivity contribution in [3.63, 3.8) is 0 Å². The maximum Gasteiger partial charge on any atom is 0.243 e. The zero-order chi connectivity index (χ0) is 12.1. The van der Waals surface area contributed by atoms with Gasteiger partial charge in [-0.25, -0.2) is 0 Å². The molecule has 2 aliphatic rings. The van der Waals surface area contributed by atoms with Gasteiger partial charge in [-0.3, -0.25) is 14.5 Å². The van der Waals surface area contributed by atoms with Crippen LogP contribution in [0.25, 0.3) is 0 Å². The molecule has 0 aromatic rings. The molecule has 0 radical (unpaired) electrons. The number of imide groups is 1. The minimum absolute atomic E-state index is 0.0330. The predicted octanol–water partition coefficient (Wildman–Crippen LogP) is 1.31. The standard InChI is InChI=1S/C13H22N2O2/c16-12(7-6-11-4-1-2-5-11)15-9-3-8-14-10-13(15)17/h11,14H,1-10H2. The van der Waals surface area contributed by atoms with Crippen molar-refractivity contribution in [2.45, 2.75) is 44.9 Å². The van der Waals surface area contributed by atoms with Crippen LogP contribution in [-0.2, 0) is 9.59 Å². The largest absolute Gasteiger partial charge is 0.308 e. The van der Waals surface area contributed by atoms with E-state index in [1.54, 1.807) is 0 Å². The number of nitrogens with one attached hydrogen (secondary N) is 1. The maximum absolute atomic E-state index is 12.0. The normalized spacial score (nSPS) is 22.8. The summed E-state index contributed by atoms with van der Waals surface area (Å²) in [5, 5.41) is 3.04. The van der Waals surface area contributed by atoms with Gasteiger partial charge in [0.15, 0.2) is 0 Å². The molecule has 2 amide bonds. The minimum atomic E-state index is -0.0566. The lowest BCUT2D eigenvalue weighted by Crippen LogP contribution is -2.39. The van der Waals surface area contributed by atoms with E-state index < -0.39 is 0 Å². The number of rotatable bonds is 3. The molecule has 96 valence electrons. The molecule has 1 saturated carbocycles. The van der Waals surface area contributed by atoms with Crippen molar-refractivity contribution in [1.29, 1.82) is 0 Å². The highest BCUT2D eigenvalue weighted by atomic mass is 16.2. The zero-order valence-electron chi connectivity index (χ0n) is 10.4. The highest BCUT2D eigenvalue weighted by Gasteiger charge is 2.24. The molecule has 0 aromatic carbocycles. The van der Waals surface area contributed by atoms with Gasteiger partial charge in [0, 0.05) is 13.0 Å². The summed E-state index contributed by atoms with van der Waals surface area (Å²) < 4.78 is 0. The van der Waals surface area contributed by atoms with Gasteiger partial charge < -0.3 is 5.32 Å². The van der Waals surface area contributed by atoms with Crippen molar-refractivity contribution >= 4 is 11.8 Å². The summed E-state index contributed by atoms with van der Waals surface area (Å²) in [6, 6.07) is 0. The Labute approximate surface area is 103 Å². The summed E-state index contributed by atoms with van der Waals surface area (Å²) in [5.74, 6) is 0.698. The predicted molar refractivity (Wildman–Crippen MR) is 65.4 cm³/mol. The number of carbonyl (C=O) groups excluding carboxylic acids is 2. The molecule has 1 N–H and O–H groups in total. The first-order valence-corrected chi connectivity index (χ1v) is 6.81. The van der Waals surface area contributed by atoms with Gasteiger partial charge in [0.25, 0.3) is 0 Å². The fourth-order valence-electron chi connectivity index (χ4n) is 2.80. The van der Waals surface area contributed by atoms with E-state index in [0.717, 1.165) is 25.3 Å². The first kappa shape index (κ1) is 12.6. The molecular weight excluding hydrogens is 216 g/mol. The van der Waals surface area contributed by atoms with Crippen LogP contribution < -0.4 is 5.32 Å². The van der Waals surface area contributed by atoms with E-state index in [9.17, 15) is 9.59 Å². The summed E-state index contributed by atoms with van der Waals surface area (Å²) in [6.07, 6.45) is 7.55. The van der Waals surface area contributed by atoms with Crippen LogP contribution in [0, 0.1) is 5.92 Å². The fourth-order valence-corrected chi connectivity index (χ4v) is 2.80. The van der Waals surface area contributed by atoms with E-state index in [4.69, 9.17) is 0 Å². The van der Waals surface area contributed by atoms with Crippen LogP contribution in [0.4, 0.5) is 0 Å². The topological polar surface area (TPSA) is 49.4 Å². The number of carbonyl (C=O) groups is 2. The van der Waals surface area contributed by atoms with E-state index in [-0.39, 0.29) is 11.8 Å². The van der Waals surface area contributed by atoms with Gasteiger partial charge in [0.2, 0.25) is 11.8 Å². The molecule has 1 heterocycles. The van der Waals surface area contributed by atoms with Crippen LogP contribution >= 0.6 is 0 Å². The highest BCUT2D eigenvalue weighted by Crippen LogP contribution is 2.28. The van der Waals surface area contributed by atoms with Crippen LogP contribution in [0.1, 0.15) is 44.9 Å². The lowest BCUT2D eigenvalue weighted by Gasteiger charge is -2.19. The molecule has 0 bridgehead atoms. The smallest absolute Gasteiger partial charge is 0.243 e. The van der Waals surface area contributed by atoms with Crippen molar-refractivity contribution < 1.29 is 9.59 Å². The van der Waals surface area contributed by atoms with Gasteiger partial charge in [0.1, 0.15) is 0 Å². The second-order valence-electron chi connectivity index (χ2n) is 5.16. The van der Waals surface area contributed by atoms with E-state index in [0.29, 0.717) is 19.5 Å². The monoisotopic (exact) mass is 238 g/mol. The Morgan fingerprint density at radius 2 is 2.06 bits per heavy atom. The minimum Gasteiger partial charge on any atom is -0.308 e. The lowest BCUT2D eigenvalue weighted by molar-refractivity contribution is -0.143. The average molecular weight is 238 g/mol. The third-order valence-electron chi connectivity index (χ3n) is 3.85.